The quantitative estimate of drug-likeness (QED) is 0.468. The Balaban J connectivity index is 2.14. The van der Waals surface area contributed by atoms with E-state index < -0.39 is 0 Å². The Morgan fingerprint density at radius 3 is 2.78 bits per heavy atom. The van der Waals surface area contributed by atoms with Crippen molar-refractivity contribution in [2.24, 2.45) is 0 Å². The van der Waals surface area contributed by atoms with E-state index in [1.807, 2.05) is 36.4 Å². The van der Waals surface area contributed by atoms with Crippen LogP contribution < -0.4 is 4.74 Å². The summed E-state index contributed by atoms with van der Waals surface area (Å²) < 4.78 is 8.22. The highest BCUT2D eigenvalue weighted by atomic mass is 79.9. The van der Waals surface area contributed by atoms with Crippen LogP contribution in [0, 0.1) is 11.3 Å². The first-order chi connectivity index (χ1) is 11.1. The third kappa shape index (κ3) is 3.32. The predicted molar refractivity (Wildman–Crippen MR) is 101 cm³/mol. The van der Waals surface area contributed by atoms with Gasteiger partial charge in [-0.1, -0.05) is 28.1 Å². The lowest BCUT2D eigenvalue weighted by atomic mass is 10.1. The highest BCUT2D eigenvalue weighted by molar-refractivity contribution is 9.11. The number of thiazole rings is 1. The van der Waals surface area contributed by atoms with Crippen molar-refractivity contribution in [3.63, 3.8) is 0 Å². The summed E-state index contributed by atoms with van der Waals surface area (Å²) in [6.07, 6.45) is 1.80. The van der Waals surface area contributed by atoms with Gasteiger partial charge >= 0.3 is 0 Å². The highest BCUT2D eigenvalue weighted by Gasteiger charge is 2.12. The van der Waals surface area contributed by atoms with E-state index in [2.05, 4.69) is 42.9 Å². The fourth-order valence-corrected chi connectivity index (χ4v) is 4.54. The molecule has 0 atom stereocenters. The van der Waals surface area contributed by atoms with E-state index in [1.54, 1.807) is 13.2 Å². The van der Waals surface area contributed by atoms with E-state index in [1.165, 1.54) is 11.3 Å². The van der Waals surface area contributed by atoms with Crippen molar-refractivity contribution in [3.05, 3.63) is 55.9 Å². The number of halogens is 2. The van der Waals surface area contributed by atoms with Crippen LogP contribution in [-0.4, -0.2) is 12.1 Å². The van der Waals surface area contributed by atoms with E-state index in [-0.39, 0.29) is 0 Å². The zero-order valence-corrected chi connectivity index (χ0v) is 16.0. The Morgan fingerprint density at radius 2 is 2.09 bits per heavy atom. The molecule has 0 aliphatic heterocycles. The largest absolute Gasteiger partial charge is 0.495 e. The maximum absolute atomic E-state index is 9.55. The number of nitriles is 1. The van der Waals surface area contributed by atoms with Gasteiger partial charge < -0.3 is 4.74 Å². The van der Waals surface area contributed by atoms with Gasteiger partial charge in [0.05, 0.1) is 27.4 Å². The first kappa shape index (κ1) is 16.2. The maximum Gasteiger partial charge on any atom is 0.140 e. The zero-order chi connectivity index (χ0) is 16.4. The second kappa shape index (κ2) is 6.83. The van der Waals surface area contributed by atoms with Gasteiger partial charge in [-0.25, -0.2) is 4.98 Å². The van der Waals surface area contributed by atoms with Crippen molar-refractivity contribution < 1.29 is 4.74 Å². The van der Waals surface area contributed by atoms with Crippen LogP contribution in [0.5, 0.6) is 5.75 Å². The Labute approximate surface area is 154 Å². The second-order valence-corrected chi connectivity index (χ2v) is 7.47. The molecular weight excluding hydrogens is 440 g/mol. The Kier molecular flexibility index (Phi) is 4.81. The lowest BCUT2D eigenvalue weighted by Crippen LogP contribution is -1.90. The molecule has 0 aliphatic carbocycles. The van der Waals surface area contributed by atoms with Crippen molar-refractivity contribution >= 4 is 65.1 Å². The van der Waals surface area contributed by atoms with Crippen molar-refractivity contribution in [2.75, 3.05) is 7.11 Å². The van der Waals surface area contributed by atoms with Gasteiger partial charge in [0.2, 0.25) is 0 Å². The van der Waals surface area contributed by atoms with Crippen LogP contribution in [0.1, 0.15) is 10.6 Å². The Morgan fingerprint density at radius 1 is 1.30 bits per heavy atom. The van der Waals surface area contributed by atoms with E-state index in [0.717, 1.165) is 24.7 Å². The lowest BCUT2D eigenvalue weighted by Gasteiger charge is -2.08. The average molecular weight is 450 g/mol. The van der Waals surface area contributed by atoms with Crippen molar-refractivity contribution in [1.82, 2.24) is 4.98 Å². The summed E-state index contributed by atoms with van der Waals surface area (Å²) in [5, 5.41) is 10.3. The molecule has 0 unspecified atom stereocenters. The Bertz CT molecular complexity index is 924. The van der Waals surface area contributed by atoms with Gasteiger partial charge in [0.15, 0.2) is 0 Å². The maximum atomic E-state index is 9.55. The van der Waals surface area contributed by atoms with Gasteiger partial charge in [-0.2, -0.15) is 5.26 Å². The standard InChI is InChI=1S/C17H10Br2N2OS/c1-22-16-10(7-12(18)8-13(16)19)6-11(9-20)17-21-14-4-2-3-5-15(14)23-17/h2-8H,1H3/b11-6+. The minimum atomic E-state index is 0.509. The first-order valence-electron chi connectivity index (χ1n) is 6.63. The SMILES string of the molecule is COc1c(Br)cc(Br)cc1/C=C(\C#N)c1nc2ccccc2s1. The summed E-state index contributed by atoms with van der Waals surface area (Å²) in [7, 11) is 1.61. The number of hydrogen-bond donors (Lipinski definition) is 0. The zero-order valence-electron chi connectivity index (χ0n) is 12.0. The normalized spacial score (nSPS) is 11.5. The summed E-state index contributed by atoms with van der Waals surface area (Å²) in [5.41, 5.74) is 2.22. The molecule has 0 radical (unpaired) electrons. The predicted octanol–water partition coefficient (Wildman–Crippen LogP) is 5.89. The smallest absolute Gasteiger partial charge is 0.140 e. The molecule has 0 saturated heterocycles. The van der Waals surface area contributed by atoms with Gasteiger partial charge in [-0.3, -0.25) is 0 Å². The molecule has 0 spiro atoms. The van der Waals surface area contributed by atoms with Crippen LogP contribution >= 0.6 is 43.2 Å². The van der Waals surface area contributed by atoms with Gasteiger partial charge in [0.25, 0.3) is 0 Å². The average Bonchev–Trinajstić information content (AvgIpc) is 2.95. The molecule has 3 rings (SSSR count). The third-order valence-electron chi connectivity index (χ3n) is 3.19. The van der Waals surface area contributed by atoms with E-state index in [4.69, 9.17) is 4.74 Å². The van der Waals surface area contributed by atoms with E-state index in [0.29, 0.717) is 16.3 Å². The Hall–Kier alpha value is -1.68. The summed E-state index contributed by atoms with van der Waals surface area (Å²) in [4.78, 5) is 4.54. The fourth-order valence-electron chi connectivity index (χ4n) is 2.19. The molecule has 1 aromatic heterocycles. The van der Waals surface area contributed by atoms with Crippen LogP contribution in [0.25, 0.3) is 21.9 Å². The fraction of sp³-hybridized carbons (Fsp3) is 0.0588. The van der Waals surface area contributed by atoms with Crippen molar-refractivity contribution in [2.45, 2.75) is 0 Å². The van der Waals surface area contributed by atoms with Crippen LogP contribution in [0.2, 0.25) is 0 Å². The monoisotopic (exact) mass is 448 g/mol. The summed E-state index contributed by atoms with van der Waals surface area (Å²) in [5.74, 6) is 0.682. The molecule has 0 amide bonds. The molecule has 0 saturated carbocycles. The number of hydrogen-bond acceptors (Lipinski definition) is 4. The number of benzene rings is 2. The minimum absolute atomic E-state index is 0.509. The van der Waals surface area contributed by atoms with Gasteiger partial charge in [-0.15, -0.1) is 11.3 Å². The molecule has 0 aliphatic rings. The van der Waals surface area contributed by atoms with Gasteiger partial charge in [0.1, 0.15) is 16.8 Å². The first-order valence-corrected chi connectivity index (χ1v) is 9.03. The number of ether oxygens (including phenoxy) is 1. The minimum Gasteiger partial charge on any atom is -0.495 e. The molecular formula is C17H10Br2N2OS. The summed E-state index contributed by atoms with van der Waals surface area (Å²) >= 11 is 8.44. The van der Waals surface area contributed by atoms with Crippen LogP contribution in [-0.2, 0) is 0 Å². The summed E-state index contributed by atoms with van der Waals surface area (Å²) in [6.45, 7) is 0. The number of aromatic nitrogens is 1. The molecule has 114 valence electrons. The van der Waals surface area contributed by atoms with E-state index >= 15 is 0 Å². The lowest BCUT2D eigenvalue weighted by molar-refractivity contribution is 0.411. The van der Waals surface area contributed by atoms with E-state index in [9.17, 15) is 5.26 Å². The molecule has 1 heterocycles. The molecule has 0 N–H and O–H groups in total. The highest BCUT2D eigenvalue weighted by Crippen LogP contribution is 2.36. The topological polar surface area (TPSA) is 45.9 Å². The molecule has 0 fully saturated rings. The van der Waals surface area contributed by atoms with Gasteiger partial charge in [0, 0.05) is 10.0 Å². The molecule has 2 aromatic carbocycles. The third-order valence-corrected chi connectivity index (χ3v) is 5.30. The molecule has 3 nitrogen and oxygen atoms in total. The molecule has 23 heavy (non-hydrogen) atoms. The van der Waals surface area contributed by atoms with Crippen LogP contribution in [0.4, 0.5) is 0 Å². The second-order valence-electron chi connectivity index (χ2n) is 4.67. The number of para-hydroxylation sites is 1. The molecule has 0 bridgehead atoms. The number of allylic oxidation sites excluding steroid dienone is 1. The van der Waals surface area contributed by atoms with Gasteiger partial charge in [-0.05, 0) is 46.3 Å². The number of nitrogens with zero attached hydrogens (tertiary/aromatic N) is 2. The van der Waals surface area contributed by atoms with Crippen molar-refractivity contribution in [3.8, 4) is 11.8 Å². The van der Waals surface area contributed by atoms with Crippen molar-refractivity contribution in [1.29, 1.82) is 5.26 Å². The summed E-state index contributed by atoms with van der Waals surface area (Å²) in [6, 6.07) is 13.9. The molecule has 3 aromatic rings. The number of methoxy groups -OCH3 is 1. The number of rotatable bonds is 3. The van der Waals surface area contributed by atoms with Crippen LogP contribution in [0.3, 0.4) is 0 Å². The van der Waals surface area contributed by atoms with Crippen LogP contribution in [0.15, 0.2) is 45.3 Å². The number of fused-ring (bicyclic) bond motifs is 1. The molecule has 6 heteroatoms.